The molecule has 0 heterocycles. The van der Waals surface area contributed by atoms with Gasteiger partial charge >= 0.3 is 0 Å². The largest absolute Gasteiger partial charge is 0.309 e. The molecule has 0 aromatic heterocycles. The molecule has 0 unspecified atom stereocenters. The van der Waals surface area contributed by atoms with Crippen LogP contribution in [0, 0.1) is 0 Å². The van der Waals surface area contributed by atoms with Crippen LogP contribution >= 0.6 is 23.2 Å². The van der Waals surface area contributed by atoms with Crippen molar-refractivity contribution < 1.29 is 19.2 Å². The van der Waals surface area contributed by atoms with Gasteiger partial charge in [-0.25, -0.2) is 0 Å². The first kappa shape index (κ1) is 27.2. The van der Waals surface area contributed by atoms with Crippen molar-refractivity contribution in [1.82, 2.24) is 0 Å². The average Bonchev–Trinajstić information content (AvgIpc) is 3.61. The fourth-order valence-corrected chi connectivity index (χ4v) is 7.65. The van der Waals surface area contributed by atoms with Gasteiger partial charge in [0, 0.05) is 55.0 Å². The van der Waals surface area contributed by atoms with Crippen molar-refractivity contribution in [3.8, 4) is 44.5 Å². The van der Waals surface area contributed by atoms with Crippen molar-refractivity contribution in [2.45, 2.75) is 26.2 Å². The second-order valence-electron chi connectivity index (χ2n) is 15.4. The molecule has 0 amide bonds. The fourth-order valence-electron chi connectivity index (χ4n) is 7.37. The lowest BCUT2D eigenvalue weighted by Crippen LogP contribution is -2.19. The summed E-state index contributed by atoms with van der Waals surface area (Å²) >= 11 is 13.7. The highest BCUT2D eigenvalue weighted by Gasteiger charge is 2.28. The van der Waals surface area contributed by atoms with Crippen molar-refractivity contribution in [1.29, 1.82) is 0 Å². The van der Waals surface area contributed by atoms with Gasteiger partial charge in [0.05, 0.1) is 30.6 Å². The Morgan fingerprint density at radius 1 is 0.387 bits per heavy atom. The van der Waals surface area contributed by atoms with Crippen LogP contribution in [0.1, 0.15) is 45.5 Å². The first-order valence-electron chi connectivity index (χ1n) is 26.8. The van der Waals surface area contributed by atoms with Gasteiger partial charge in [-0.2, -0.15) is 0 Å². The zero-order valence-electron chi connectivity index (χ0n) is 47.9. The zero-order chi connectivity index (χ0) is 54.8. The quantitative estimate of drug-likeness (QED) is 0.135. The van der Waals surface area contributed by atoms with E-state index in [0.29, 0.717) is 27.8 Å². The first-order chi connectivity index (χ1) is 36.1. The molecule has 0 aliphatic carbocycles. The second-order valence-corrected chi connectivity index (χ2v) is 16.2. The van der Waals surface area contributed by atoms with E-state index in [1.165, 1.54) is 9.80 Å². The Labute approximate surface area is 395 Å². The lowest BCUT2D eigenvalue weighted by atomic mass is 9.85. The number of nitrogens with zero attached hydrogens (tertiary/aromatic N) is 2. The molecule has 0 saturated carbocycles. The van der Waals surface area contributed by atoms with E-state index in [4.69, 9.17) is 28.7 Å². The molecule has 0 aliphatic heterocycles. The predicted octanol–water partition coefficient (Wildman–Crippen LogP) is 17.9. The summed E-state index contributed by atoms with van der Waals surface area (Å²) in [6, 6.07) is 32.6. The summed E-state index contributed by atoms with van der Waals surface area (Å²) in [5, 5.41) is -0.946. The molecule has 4 heteroatoms. The molecule has 9 aromatic carbocycles. The SMILES string of the molecule is [2H]c1c([2H])c(-c2ccccc2)c(N(c2cc(N(c3c([2H])c([2H])c([2H])c(Cl)c3[2H])c3c(-c4ccccc4)c([2H])c([2H])c([2H])c3-c3ccccc3)cc(C(C)(C)C)c2)c2c([2H])c([2H])c([2H])c(Cl)c2[2H])c(-c2ccccc2)c1[2H]. The number of rotatable bonds is 10. The third-order valence-corrected chi connectivity index (χ3v) is 10.7. The van der Waals surface area contributed by atoms with Gasteiger partial charge in [-0.15, -0.1) is 0 Å². The topological polar surface area (TPSA) is 6.48 Å². The highest BCUT2D eigenvalue weighted by atomic mass is 35.5. The molecular weight excluding hydrogens is 796 g/mol. The van der Waals surface area contributed by atoms with Gasteiger partial charge in [-0.05, 0) is 87.7 Å². The van der Waals surface area contributed by atoms with Crippen LogP contribution in [0.3, 0.4) is 0 Å². The van der Waals surface area contributed by atoms with Gasteiger partial charge in [-0.3, -0.25) is 0 Å². The molecule has 302 valence electrons. The third kappa shape index (κ3) is 8.41. The summed E-state index contributed by atoms with van der Waals surface area (Å²) in [7, 11) is 0. The lowest BCUT2D eigenvalue weighted by molar-refractivity contribution is 0.590. The van der Waals surface area contributed by atoms with E-state index in [-0.39, 0.29) is 80.5 Å². The Bertz CT molecular complexity index is 3340. The molecule has 0 spiro atoms. The molecule has 0 saturated heterocycles. The number of hydrogen-bond donors (Lipinski definition) is 0. The van der Waals surface area contributed by atoms with E-state index in [2.05, 4.69) is 0 Å². The molecule has 2 nitrogen and oxygen atoms in total. The standard InChI is InChI=1S/C58H46Cl2N2/c1-58(2,3)45-36-50(61(48-30-16-28-46(59)38-48)56-52(41-20-8-4-9-21-41)32-18-33-53(56)42-22-10-5-11-23-42)40-51(37-45)62(49-31-17-29-47(60)39-49)57-54(43-24-12-6-13-25-43)34-19-35-55(57)44-26-14-7-15-27-44/h4-40H,1-3H3/i16D,17D,18D,19D,28D,29D,30D,31D,32D,33D,34D,35D,38D,39D. The van der Waals surface area contributed by atoms with Gasteiger partial charge in [0.2, 0.25) is 0 Å². The van der Waals surface area contributed by atoms with E-state index in [9.17, 15) is 13.7 Å². The fraction of sp³-hybridized carbons (Fsp3) is 0.0690. The molecule has 0 radical (unpaired) electrons. The summed E-state index contributed by atoms with van der Waals surface area (Å²) in [6.45, 7) is 5.74. The Morgan fingerprint density at radius 3 is 1.00 bits per heavy atom. The third-order valence-electron chi connectivity index (χ3n) is 10.3. The minimum absolute atomic E-state index is 0.0231. The number of hydrogen-bond acceptors (Lipinski definition) is 2. The lowest BCUT2D eigenvalue weighted by Gasteiger charge is -2.35. The highest BCUT2D eigenvalue weighted by Crippen LogP contribution is 2.52. The Kier molecular flexibility index (Phi) is 7.73. The average molecular weight is 856 g/mol. The number of benzene rings is 9. The van der Waals surface area contributed by atoms with E-state index in [0.717, 1.165) is 0 Å². The predicted molar refractivity (Wildman–Crippen MR) is 266 cm³/mol. The van der Waals surface area contributed by atoms with Crippen LogP contribution in [0.25, 0.3) is 44.5 Å². The maximum Gasteiger partial charge on any atom is 0.0661 e. The second kappa shape index (κ2) is 17.6. The highest BCUT2D eigenvalue weighted by molar-refractivity contribution is 6.31. The van der Waals surface area contributed by atoms with Crippen molar-refractivity contribution in [2.75, 3.05) is 9.80 Å². The molecule has 0 fully saturated rings. The summed E-state index contributed by atoms with van der Waals surface area (Å²) in [5.41, 5.74) is 1.23. The van der Waals surface area contributed by atoms with Crippen LogP contribution in [0.2, 0.25) is 10.0 Å². The van der Waals surface area contributed by atoms with Crippen molar-refractivity contribution in [3.63, 3.8) is 0 Å². The van der Waals surface area contributed by atoms with Crippen LogP contribution in [0.15, 0.2) is 224 Å². The molecule has 0 atom stereocenters. The molecule has 0 N–H and O–H groups in total. The van der Waals surface area contributed by atoms with Crippen LogP contribution < -0.4 is 9.80 Å². The zero-order valence-corrected chi connectivity index (χ0v) is 35.4. The molecule has 9 aromatic rings. The minimum Gasteiger partial charge on any atom is -0.309 e. The van der Waals surface area contributed by atoms with Gasteiger partial charge in [-0.1, -0.05) is 214 Å². The first-order valence-corrected chi connectivity index (χ1v) is 20.6. The van der Waals surface area contributed by atoms with Crippen LogP contribution in [-0.2, 0) is 5.41 Å². The van der Waals surface area contributed by atoms with Gasteiger partial charge in [0.15, 0.2) is 0 Å². The summed E-state index contributed by atoms with van der Waals surface area (Å²) in [4.78, 5) is 2.86. The van der Waals surface area contributed by atoms with Crippen molar-refractivity contribution in [3.05, 3.63) is 240 Å². The maximum absolute atomic E-state index is 9.72. The summed E-state index contributed by atoms with van der Waals surface area (Å²) in [6.07, 6.45) is 0. The van der Waals surface area contributed by atoms with Gasteiger partial charge in [0.1, 0.15) is 0 Å². The summed E-state index contributed by atoms with van der Waals surface area (Å²) in [5.74, 6) is 0. The van der Waals surface area contributed by atoms with E-state index in [1.807, 2.05) is 20.8 Å². The van der Waals surface area contributed by atoms with Crippen molar-refractivity contribution >= 4 is 57.3 Å². The Hall–Kier alpha value is -6.84. The van der Waals surface area contributed by atoms with Crippen LogP contribution in [0.5, 0.6) is 0 Å². The number of para-hydroxylation sites is 2. The Morgan fingerprint density at radius 2 is 0.694 bits per heavy atom. The normalized spacial score (nSPS) is 14.5. The van der Waals surface area contributed by atoms with E-state index < -0.39 is 75.9 Å². The maximum atomic E-state index is 9.72. The van der Waals surface area contributed by atoms with Crippen LogP contribution in [0.4, 0.5) is 34.1 Å². The van der Waals surface area contributed by atoms with E-state index in [1.54, 1.807) is 140 Å². The number of halogens is 2. The van der Waals surface area contributed by atoms with Gasteiger partial charge < -0.3 is 9.80 Å². The van der Waals surface area contributed by atoms with Gasteiger partial charge in [0.25, 0.3) is 0 Å². The van der Waals surface area contributed by atoms with Crippen molar-refractivity contribution in [2.24, 2.45) is 0 Å². The monoisotopic (exact) mass is 854 g/mol. The molecule has 0 aliphatic rings. The Balaban J connectivity index is 1.58. The number of anilines is 6. The van der Waals surface area contributed by atoms with E-state index >= 15 is 0 Å². The minimum atomic E-state index is -0.830. The molecular formula is C58H46Cl2N2. The smallest absolute Gasteiger partial charge is 0.0661 e. The molecule has 62 heavy (non-hydrogen) atoms. The molecule has 0 bridgehead atoms. The summed E-state index contributed by atoms with van der Waals surface area (Å²) < 4.78 is 132. The molecule has 9 rings (SSSR count). The van der Waals surface area contributed by atoms with Crippen LogP contribution in [-0.4, -0.2) is 0 Å².